The second-order valence-corrected chi connectivity index (χ2v) is 10.2. The van der Waals surface area contributed by atoms with Gasteiger partial charge in [-0.15, -0.1) is 0 Å². The third-order valence-electron chi connectivity index (χ3n) is 6.91. The van der Waals surface area contributed by atoms with Crippen LogP contribution >= 0.6 is 23.2 Å². The van der Waals surface area contributed by atoms with Crippen molar-refractivity contribution in [1.82, 2.24) is 4.90 Å². The molecule has 2 aromatic carbocycles. The van der Waals surface area contributed by atoms with Crippen LogP contribution in [0.4, 0.5) is 30.2 Å². The summed E-state index contributed by atoms with van der Waals surface area (Å²) in [7, 11) is 0. The number of ether oxygens (including phenoxy) is 1. The highest BCUT2D eigenvalue weighted by Gasteiger charge is 2.30. The second-order valence-electron chi connectivity index (χ2n) is 9.43. The molecule has 0 bridgehead atoms. The highest BCUT2D eigenvalue weighted by Crippen LogP contribution is 2.38. The number of hydrogen-bond acceptors (Lipinski definition) is 6. The summed E-state index contributed by atoms with van der Waals surface area (Å²) in [5.74, 6) is -0.558. The van der Waals surface area contributed by atoms with Crippen molar-refractivity contribution in [3.8, 4) is 0 Å². The lowest BCUT2D eigenvalue weighted by Crippen LogP contribution is -2.49. The van der Waals surface area contributed by atoms with E-state index in [1.807, 2.05) is 0 Å². The largest absolute Gasteiger partial charge is 0.416 e. The Morgan fingerprint density at radius 1 is 1.08 bits per heavy atom. The smallest absolute Gasteiger partial charge is 0.404 e. The van der Waals surface area contributed by atoms with Gasteiger partial charge in [0.25, 0.3) is 5.91 Å². The van der Waals surface area contributed by atoms with Crippen LogP contribution in [0, 0.1) is 0 Å². The minimum atomic E-state index is -4.45. The van der Waals surface area contributed by atoms with E-state index in [1.54, 1.807) is 19.1 Å². The number of carbonyl (C=O) groups excluding carboxylic acids is 1. The lowest BCUT2D eigenvalue weighted by molar-refractivity contribution is -0.137. The van der Waals surface area contributed by atoms with Crippen molar-refractivity contribution in [2.75, 3.05) is 49.6 Å². The molecule has 2 fully saturated rings. The van der Waals surface area contributed by atoms with Gasteiger partial charge in [-0.1, -0.05) is 23.2 Å². The van der Waals surface area contributed by atoms with Gasteiger partial charge >= 0.3 is 6.18 Å². The first kappa shape index (κ1) is 29.2. The number of amides is 1. The number of nitrogens with one attached hydrogen (secondary N) is 1. The maximum absolute atomic E-state index is 13.0. The maximum Gasteiger partial charge on any atom is 0.416 e. The van der Waals surface area contributed by atoms with Crippen molar-refractivity contribution in [3.05, 3.63) is 63.8 Å². The van der Waals surface area contributed by atoms with E-state index in [4.69, 9.17) is 33.7 Å². The summed E-state index contributed by atoms with van der Waals surface area (Å²) in [6.07, 6.45) is -1.37. The summed E-state index contributed by atoms with van der Waals surface area (Å²) < 4.78 is 43.9. The number of morpholine rings is 1. The predicted molar refractivity (Wildman–Crippen MR) is 149 cm³/mol. The van der Waals surface area contributed by atoms with Crippen LogP contribution in [0.1, 0.15) is 25.3 Å². The Kier molecular flexibility index (Phi) is 9.43. The lowest BCUT2D eigenvalue weighted by Gasteiger charge is -2.41. The van der Waals surface area contributed by atoms with Crippen LogP contribution in [0.2, 0.25) is 10.0 Å². The molecule has 2 heterocycles. The number of alkyl halides is 3. The summed E-state index contributed by atoms with van der Waals surface area (Å²) in [6, 6.07) is 8.07. The van der Waals surface area contributed by atoms with E-state index in [0.29, 0.717) is 21.8 Å². The standard InChI is InChI=1S/C27H30Cl2F3N5O2/c1-17(34-19-4-2-18(3-5-19)27(30,31)32)22(16-33)26(38)35-20-14-23(28)25(24(29)15-20)37-8-6-21(7-9-37)36-10-12-39-13-11-36/h2-5,14-16,21H,6-13,33H2,1H3,(H,35,38). The monoisotopic (exact) mass is 583 g/mol. The van der Waals surface area contributed by atoms with E-state index in [0.717, 1.165) is 76.3 Å². The normalized spacial score (nSPS) is 18.4. The summed E-state index contributed by atoms with van der Waals surface area (Å²) in [5.41, 5.74) is 6.54. The topological polar surface area (TPSA) is 83.2 Å². The highest BCUT2D eigenvalue weighted by atomic mass is 35.5. The average Bonchev–Trinajstić information content (AvgIpc) is 2.89. The number of hydrogen-bond donors (Lipinski definition) is 2. The molecule has 0 atom stereocenters. The molecular weight excluding hydrogens is 554 g/mol. The van der Waals surface area contributed by atoms with E-state index in [2.05, 4.69) is 20.1 Å². The Morgan fingerprint density at radius 3 is 2.21 bits per heavy atom. The van der Waals surface area contributed by atoms with Crippen molar-refractivity contribution >= 4 is 51.9 Å². The van der Waals surface area contributed by atoms with Gasteiger partial charge in [-0.3, -0.25) is 14.7 Å². The van der Waals surface area contributed by atoms with Crippen LogP contribution in [0.25, 0.3) is 0 Å². The molecule has 7 nitrogen and oxygen atoms in total. The van der Waals surface area contributed by atoms with E-state index >= 15 is 0 Å². The number of benzene rings is 2. The van der Waals surface area contributed by atoms with Gasteiger partial charge < -0.3 is 20.7 Å². The van der Waals surface area contributed by atoms with Crippen LogP contribution in [0.15, 0.2) is 53.2 Å². The molecule has 0 unspecified atom stereocenters. The quantitative estimate of drug-likeness (QED) is 0.327. The molecule has 2 saturated heterocycles. The minimum Gasteiger partial charge on any atom is -0.404 e. The summed E-state index contributed by atoms with van der Waals surface area (Å²) >= 11 is 13.2. The van der Waals surface area contributed by atoms with Crippen molar-refractivity contribution < 1.29 is 22.7 Å². The number of rotatable bonds is 6. The Morgan fingerprint density at radius 2 is 1.67 bits per heavy atom. The number of piperidine rings is 1. The van der Waals surface area contributed by atoms with E-state index in [1.165, 1.54) is 12.1 Å². The van der Waals surface area contributed by atoms with Crippen LogP contribution in [0.3, 0.4) is 0 Å². The first-order valence-electron chi connectivity index (χ1n) is 12.6. The lowest BCUT2D eigenvalue weighted by atomic mass is 10.0. The Bertz CT molecular complexity index is 1210. The number of nitrogens with zero attached hydrogens (tertiary/aromatic N) is 3. The number of carbonyl (C=O) groups is 1. The van der Waals surface area contributed by atoms with Gasteiger partial charge in [0.1, 0.15) is 0 Å². The van der Waals surface area contributed by atoms with E-state index < -0.39 is 17.6 Å². The summed E-state index contributed by atoms with van der Waals surface area (Å²) in [5, 5.41) is 3.55. The SMILES string of the molecule is CC(=Nc1ccc(C(F)(F)F)cc1)C(=CN)C(=O)Nc1cc(Cl)c(N2CCC(N3CCOCC3)CC2)c(Cl)c1. The molecule has 39 heavy (non-hydrogen) atoms. The third kappa shape index (κ3) is 7.25. The van der Waals surface area contributed by atoms with Gasteiger partial charge in [-0.25, -0.2) is 0 Å². The van der Waals surface area contributed by atoms with Gasteiger partial charge in [-0.05, 0) is 56.2 Å². The average molecular weight is 584 g/mol. The molecule has 0 aliphatic carbocycles. The molecule has 0 radical (unpaired) electrons. The number of nitrogens with two attached hydrogens (primary N) is 1. The zero-order valence-electron chi connectivity index (χ0n) is 21.4. The predicted octanol–water partition coefficient (Wildman–Crippen LogP) is 5.89. The molecule has 3 N–H and O–H groups in total. The molecule has 12 heteroatoms. The molecule has 2 aromatic rings. The molecule has 0 aromatic heterocycles. The van der Waals surface area contributed by atoms with Gasteiger partial charge in [0, 0.05) is 44.1 Å². The number of anilines is 2. The second kappa shape index (κ2) is 12.6. The van der Waals surface area contributed by atoms with Gasteiger partial charge in [0.05, 0.1) is 51.5 Å². The Balaban J connectivity index is 1.41. The van der Waals surface area contributed by atoms with Crippen LogP contribution in [-0.4, -0.2) is 62.0 Å². The molecule has 2 aliphatic rings. The van der Waals surface area contributed by atoms with Gasteiger partial charge in [0.15, 0.2) is 0 Å². The Labute approximate surface area is 235 Å². The zero-order valence-corrected chi connectivity index (χ0v) is 22.9. The van der Waals surface area contributed by atoms with Gasteiger partial charge in [-0.2, -0.15) is 13.2 Å². The molecule has 0 spiro atoms. The van der Waals surface area contributed by atoms with Crippen molar-refractivity contribution in [2.45, 2.75) is 32.0 Å². The first-order valence-corrected chi connectivity index (χ1v) is 13.3. The zero-order chi connectivity index (χ0) is 28.2. The summed E-state index contributed by atoms with van der Waals surface area (Å²) in [6.45, 7) is 6.61. The van der Waals surface area contributed by atoms with Crippen molar-refractivity contribution in [2.24, 2.45) is 10.7 Å². The molecular formula is C27H30Cl2F3N5O2. The van der Waals surface area contributed by atoms with Gasteiger partial charge in [0.2, 0.25) is 0 Å². The highest BCUT2D eigenvalue weighted by molar-refractivity contribution is 6.40. The van der Waals surface area contributed by atoms with Crippen LogP contribution in [-0.2, 0) is 15.7 Å². The third-order valence-corrected chi connectivity index (χ3v) is 7.49. The van der Waals surface area contributed by atoms with Crippen LogP contribution < -0.4 is 16.0 Å². The molecule has 210 valence electrons. The van der Waals surface area contributed by atoms with Crippen molar-refractivity contribution in [3.63, 3.8) is 0 Å². The fourth-order valence-corrected chi connectivity index (χ4v) is 5.60. The Hall–Kier alpha value is -2.79. The first-order chi connectivity index (χ1) is 18.6. The summed E-state index contributed by atoms with van der Waals surface area (Å²) in [4.78, 5) is 21.8. The molecule has 0 saturated carbocycles. The number of aliphatic imine (C=N–C) groups is 1. The number of halogens is 5. The van der Waals surface area contributed by atoms with E-state index in [-0.39, 0.29) is 17.0 Å². The van der Waals surface area contributed by atoms with E-state index in [9.17, 15) is 18.0 Å². The maximum atomic E-state index is 13.0. The minimum absolute atomic E-state index is 0.0522. The fourth-order valence-electron chi connectivity index (χ4n) is 4.87. The van der Waals surface area contributed by atoms with Crippen molar-refractivity contribution in [1.29, 1.82) is 0 Å². The van der Waals surface area contributed by atoms with Crippen LogP contribution in [0.5, 0.6) is 0 Å². The molecule has 2 aliphatic heterocycles. The fraction of sp³-hybridized carbons (Fsp3) is 0.407. The molecule has 4 rings (SSSR count). The molecule has 1 amide bonds.